The van der Waals surface area contributed by atoms with E-state index in [0.717, 1.165) is 18.9 Å². The first-order valence-electron chi connectivity index (χ1n) is 8.26. The van der Waals surface area contributed by atoms with Gasteiger partial charge in [-0.3, -0.25) is 0 Å². The molecule has 116 valence electrons. The summed E-state index contributed by atoms with van der Waals surface area (Å²) in [4.78, 5) is 0. The van der Waals surface area contributed by atoms with Gasteiger partial charge >= 0.3 is 0 Å². The molecule has 3 nitrogen and oxygen atoms in total. The predicted molar refractivity (Wildman–Crippen MR) is 85.7 cm³/mol. The molecule has 1 heterocycles. The zero-order valence-corrected chi connectivity index (χ0v) is 14.2. The topological polar surface area (TPSA) is 30.7 Å². The molecule has 0 aliphatic rings. The summed E-state index contributed by atoms with van der Waals surface area (Å²) in [5, 5.41) is 8.29. The highest BCUT2D eigenvalue weighted by atomic mass is 15.4. The third-order valence-corrected chi connectivity index (χ3v) is 3.56. The number of nitrogens with zero attached hydrogens (tertiary/aromatic N) is 3. The predicted octanol–water partition coefficient (Wildman–Crippen LogP) is 4.86. The van der Waals surface area contributed by atoms with E-state index >= 15 is 0 Å². The Bertz CT molecular complexity index is 361. The van der Waals surface area contributed by atoms with E-state index in [9.17, 15) is 0 Å². The Morgan fingerprint density at radius 2 is 1.70 bits per heavy atom. The fourth-order valence-corrected chi connectivity index (χ4v) is 2.49. The lowest BCUT2D eigenvalue weighted by Gasteiger charge is -2.18. The molecule has 0 aliphatic carbocycles. The number of aromatic nitrogens is 3. The van der Waals surface area contributed by atoms with Gasteiger partial charge in [0.05, 0.1) is 11.9 Å². The van der Waals surface area contributed by atoms with Crippen molar-refractivity contribution in [3.8, 4) is 0 Å². The highest BCUT2D eigenvalue weighted by molar-refractivity contribution is 4.97. The zero-order valence-electron chi connectivity index (χ0n) is 14.2. The van der Waals surface area contributed by atoms with Gasteiger partial charge in [0.15, 0.2) is 0 Å². The molecule has 0 fully saturated rings. The molecule has 0 radical (unpaired) electrons. The Morgan fingerprint density at radius 3 is 2.35 bits per heavy atom. The van der Waals surface area contributed by atoms with Crippen molar-refractivity contribution < 1.29 is 0 Å². The first-order chi connectivity index (χ1) is 9.38. The van der Waals surface area contributed by atoms with Crippen LogP contribution in [0.25, 0.3) is 0 Å². The average Bonchev–Trinajstić information content (AvgIpc) is 2.72. The molecule has 20 heavy (non-hydrogen) atoms. The third kappa shape index (κ3) is 7.66. The van der Waals surface area contributed by atoms with E-state index in [4.69, 9.17) is 0 Å². The minimum atomic E-state index is 0.302. The number of rotatable bonds is 9. The number of aryl methyl sites for hydroxylation is 1. The normalized spacial score (nSPS) is 12.3. The molecule has 1 aromatic rings. The van der Waals surface area contributed by atoms with Crippen LogP contribution in [-0.2, 0) is 13.0 Å². The Morgan fingerprint density at radius 1 is 1.05 bits per heavy atom. The number of unbranched alkanes of at least 4 members (excludes halogenated alkanes) is 4. The largest absolute Gasteiger partial charge is 0.249 e. The van der Waals surface area contributed by atoms with Crippen LogP contribution in [0.15, 0.2) is 6.20 Å². The molecule has 0 aromatic carbocycles. The van der Waals surface area contributed by atoms with Crippen molar-refractivity contribution >= 4 is 0 Å². The Balaban J connectivity index is 2.18. The van der Waals surface area contributed by atoms with Crippen LogP contribution in [0.4, 0.5) is 0 Å². The van der Waals surface area contributed by atoms with Crippen molar-refractivity contribution in [1.82, 2.24) is 15.0 Å². The SMILES string of the molecule is CC(C)CCCCCCCn1nncc1CC(C)(C)C. The van der Waals surface area contributed by atoms with Crippen LogP contribution in [-0.4, -0.2) is 15.0 Å². The van der Waals surface area contributed by atoms with Gasteiger partial charge in [-0.15, -0.1) is 5.10 Å². The van der Waals surface area contributed by atoms with Crippen molar-refractivity contribution in [2.24, 2.45) is 11.3 Å². The summed E-state index contributed by atoms with van der Waals surface area (Å²) in [5.41, 5.74) is 1.58. The smallest absolute Gasteiger partial charge is 0.0725 e. The molecule has 0 bridgehead atoms. The summed E-state index contributed by atoms with van der Waals surface area (Å²) >= 11 is 0. The molecular weight excluding hydrogens is 246 g/mol. The second kappa shape index (κ2) is 8.43. The van der Waals surface area contributed by atoms with E-state index in [1.807, 2.05) is 6.20 Å². The van der Waals surface area contributed by atoms with Crippen LogP contribution < -0.4 is 0 Å². The van der Waals surface area contributed by atoms with E-state index in [1.165, 1.54) is 44.2 Å². The summed E-state index contributed by atoms with van der Waals surface area (Å²) in [7, 11) is 0. The van der Waals surface area contributed by atoms with E-state index in [-0.39, 0.29) is 0 Å². The minimum absolute atomic E-state index is 0.302. The van der Waals surface area contributed by atoms with Crippen LogP contribution in [0.1, 0.15) is 78.8 Å². The maximum atomic E-state index is 4.22. The van der Waals surface area contributed by atoms with Gasteiger partial charge < -0.3 is 0 Å². The van der Waals surface area contributed by atoms with Crippen LogP contribution in [0.2, 0.25) is 0 Å². The van der Waals surface area contributed by atoms with Crippen LogP contribution >= 0.6 is 0 Å². The van der Waals surface area contributed by atoms with Gasteiger partial charge in [-0.25, -0.2) is 4.68 Å². The molecule has 3 heteroatoms. The summed E-state index contributed by atoms with van der Waals surface area (Å²) in [6.07, 6.45) is 11.0. The maximum absolute atomic E-state index is 4.22. The molecule has 0 spiro atoms. The monoisotopic (exact) mass is 279 g/mol. The van der Waals surface area contributed by atoms with Crippen molar-refractivity contribution in [3.05, 3.63) is 11.9 Å². The second-order valence-corrected chi connectivity index (χ2v) is 7.64. The first-order valence-corrected chi connectivity index (χ1v) is 8.26. The summed E-state index contributed by atoms with van der Waals surface area (Å²) < 4.78 is 2.10. The van der Waals surface area contributed by atoms with Crippen molar-refractivity contribution in [3.63, 3.8) is 0 Å². The fraction of sp³-hybridized carbons (Fsp3) is 0.882. The van der Waals surface area contributed by atoms with Gasteiger partial charge in [0, 0.05) is 6.54 Å². The molecule has 0 saturated carbocycles. The highest BCUT2D eigenvalue weighted by Gasteiger charge is 2.14. The van der Waals surface area contributed by atoms with Gasteiger partial charge in [0.2, 0.25) is 0 Å². The van der Waals surface area contributed by atoms with Gasteiger partial charge in [-0.2, -0.15) is 0 Å². The number of hydrogen-bond acceptors (Lipinski definition) is 2. The lowest BCUT2D eigenvalue weighted by Crippen LogP contribution is -2.14. The molecule has 0 saturated heterocycles. The van der Waals surface area contributed by atoms with Crippen LogP contribution in [0.5, 0.6) is 0 Å². The Kier molecular flexibility index (Phi) is 7.25. The van der Waals surface area contributed by atoms with Gasteiger partial charge in [0.25, 0.3) is 0 Å². The molecular formula is C17H33N3. The Hall–Kier alpha value is -0.860. The van der Waals surface area contributed by atoms with Crippen molar-refractivity contribution in [2.45, 2.75) is 86.1 Å². The maximum Gasteiger partial charge on any atom is 0.0725 e. The van der Waals surface area contributed by atoms with Crippen LogP contribution in [0, 0.1) is 11.3 Å². The third-order valence-electron chi connectivity index (χ3n) is 3.56. The van der Waals surface area contributed by atoms with Gasteiger partial charge in [-0.1, -0.05) is 71.9 Å². The lowest BCUT2D eigenvalue weighted by molar-refractivity contribution is 0.388. The van der Waals surface area contributed by atoms with Crippen LogP contribution in [0.3, 0.4) is 0 Å². The van der Waals surface area contributed by atoms with E-state index in [0.29, 0.717) is 5.41 Å². The molecule has 1 rings (SSSR count). The van der Waals surface area contributed by atoms with Gasteiger partial charge in [0.1, 0.15) is 0 Å². The fourth-order valence-electron chi connectivity index (χ4n) is 2.49. The summed E-state index contributed by atoms with van der Waals surface area (Å²) in [6.45, 7) is 12.4. The lowest BCUT2D eigenvalue weighted by atomic mass is 9.91. The highest BCUT2D eigenvalue weighted by Crippen LogP contribution is 2.20. The molecule has 0 N–H and O–H groups in total. The summed E-state index contributed by atoms with van der Waals surface area (Å²) in [6, 6.07) is 0. The molecule has 1 aromatic heterocycles. The molecule has 0 atom stereocenters. The standard InChI is InChI=1S/C17H33N3/c1-15(2)11-9-7-6-8-10-12-20-16(14-18-19-20)13-17(3,4)5/h14-15H,6-13H2,1-5H3. The van der Waals surface area contributed by atoms with E-state index < -0.39 is 0 Å². The summed E-state index contributed by atoms with van der Waals surface area (Å²) in [5.74, 6) is 0.852. The average molecular weight is 279 g/mol. The van der Waals surface area contributed by atoms with Crippen molar-refractivity contribution in [1.29, 1.82) is 0 Å². The first kappa shape index (κ1) is 17.2. The van der Waals surface area contributed by atoms with Crippen molar-refractivity contribution in [2.75, 3.05) is 0 Å². The van der Waals surface area contributed by atoms with Gasteiger partial charge in [-0.05, 0) is 24.2 Å². The molecule has 0 unspecified atom stereocenters. The minimum Gasteiger partial charge on any atom is -0.249 e. The second-order valence-electron chi connectivity index (χ2n) is 7.64. The Labute approximate surface area is 125 Å². The quantitative estimate of drug-likeness (QED) is 0.604. The molecule has 0 amide bonds. The molecule has 0 aliphatic heterocycles. The zero-order chi connectivity index (χ0) is 15.0. The van der Waals surface area contributed by atoms with E-state index in [1.54, 1.807) is 0 Å². The number of hydrogen-bond donors (Lipinski definition) is 0. The van der Waals surface area contributed by atoms with E-state index in [2.05, 4.69) is 49.6 Å².